The zero-order valence-corrected chi connectivity index (χ0v) is 11.2. The summed E-state index contributed by atoms with van der Waals surface area (Å²) in [6.07, 6.45) is 0. The van der Waals surface area contributed by atoms with Crippen molar-refractivity contribution >= 4 is 28.5 Å². The van der Waals surface area contributed by atoms with Gasteiger partial charge in [-0.2, -0.15) is 0 Å². The van der Waals surface area contributed by atoms with Gasteiger partial charge in [-0.3, -0.25) is 4.79 Å². The molecular formula is C14H14N2O2S. The third-order valence-corrected chi connectivity index (χ3v) is 2.98. The van der Waals surface area contributed by atoms with E-state index in [-0.39, 0.29) is 5.12 Å². The molecule has 19 heavy (non-hydrogen) atoms. The molecule has 0 saturated heterocycles. The molecule has 0 amide bonds. The zero-order valence-electron chi connectivity index (χ0n) is 10.4. The summed E-state index contributed by atoms with van der Waals surface area (Å²) in [5, 5.41) is -0.131. The van der Waals surface area contributed by atoms with E-state index in [2.05, 4.69) is 0 Å². The number of carbonyl (C=O) groups is 1. The highest BCUT2D eigenvalue weighted by atomic mass is 32.2. The van der Waals surface area contributed by atoms with Crippen molar-refractivity contribution in [2.24, 2.45) is 0 Å². The van der Waals surface area contributed by atoms with Crippen LogP contribution < -0.4 is 15.7 Å². The highest BCUT2D eigenvalue weighted by Gasteiger charge is 2.07. The zero-order chi connectivity index (χ0) is 13.8. The van der Waals surface area contributed by atoms with Gasteiger partial charge >= 0.3 is 0 Å². The minimum Gasteiger partial charge on any atom is -0.415 e. The first-order valence-corrected chi connectivity index (χ1v) is 6.41. The number of nitrogens with two attached hydrogens (primary N) is 2. The molecule has 0 fully saturated rings. The van der Waals surface area contributed by atoms with Crippen LogP contribution in [-0.2, 0) is 4.79 Å². The molecular weight excluding hydrogens is 260 g/mol. The maximum atomic E-state index is 10.9. The van der Waals surface area contributed by atoms with Crippen molar-refractivity contribution in [3.63, 3.8) is 0 Å². The number of nitrogen functional groups attached to an aromatic ring is 2. The molecule has 0 radical (unpaired) electrons. The second-order valence-electron chi connectivity index (χ2n) is 4.04. The molecule has 0 unspecified atom stereocenters. The Labute approximate surface area is 116 Å². The van der Waals surface area contributed by atoms with E-state index in [1.807, 2.05) is 30.3 Å². The van der Waals surface area contributed by atoms with Gasteiger partial charge in [0.15, 0.2) is 5.75 Å². The first kappa shape index (κ1) is 13.3. The van der Waals surface area contributed by atoms with Crippen molar-refractivity contribution in [1.82, 2.24) is 0 Å². The quantitative estimate of drug-likeness (QED) is 0.664. The van der Waals surface area contributed by atoms with Crippen LogP contribution in [0.1, 0.15) is 6.92 Å². The van der Waals surface area contributed by atoms with E-state index >= 15 is 0 Å². The molecule has 2 aromatic carbocycles. The lowest BCUT2D eigenvalue weighted by Gasteiger charge is -2.08. The lowest BCUT2D eigenvalue weighted by Crippen LogP contribution is -1.94. The Morgan fingerprint density at radius 1 is 1.11 bits per heavy atom. The fourth-order valence-electron chi connectivity index (χ4n) is 1.61. The SMILES string of the molecule is CC(=O)SOc1cc(-c2cccc(N)c2)ccc1N. The highest BCUT2D eigenvalue weighted by molar-refractivity contribution is 8.09. The van der Waals surface area contributed by atoms with Crippen LogP contribution in [0.15, 0.2) is 42.5 Å². The molecule has 0 aliphatic heterocycles. The molecule has 0 aliphatic rings. The van der Waals surface area contributed by atoms with Crippen molar-refractivity contribution in [2.45, 2.75) is 6.92 Å². The van der Waals surface area contributed by atoms with Gasteiger partial charge in [0.2, 0.25) is 5.12 Å². The molecule has 4 N–H and O–H groups in total. The van der Waals surface area contributed by atoms with Crippen LogP contribution >= 0.6 is 12.0 Å². The van der Waals surface area contributed by atoms with Crippen LogP contribution in [-0.4, -0.2) is 5.12 Å². The third-order valence-electron chi connectivity index (χ3n) is 2.48. The molecule has 2 aromatic rings. The fourth-order valence-corrected chi connectivity index (χ4v) is 1.96. The van der Waals surface area contributed by atoms with Crippen LogP contribution in [0.3, 0.4) is 0 Å². The summed E-state index contributed by atoms with van der Waals surface area (Å²) in [5.74, 6) is 0.472. The minimum absolute atomic E-state index is 0.131. The monoisotopic (exact) mass is 274 g/mol. The lowest BCUT2D eigenvalue weighted by atomic mass is 10.0. The van der Waals surface area contributed by atoms with E-state index in [4.69, 9.17) is 15.7 Å². The van der Waals surface area contributed by atoms with Crippen LogP contribution in [0.25, 0.3) is 11.1 Å². The van der Waals surface area contributed by atoms with Crippen molar-refractivity contribution < 1.29 is 8.98 Å². The lowest BCUT2D eigenvalue weighted by molar-refractivity contribution is -0.109. The van der Waals surface area contributed by atoms with Crippen LogP contribution in [0.4, 0.5) is 11.4 Å². The van der Waals surface area contributed by atoms with Crippen LogP contribution in [0.2, 0.25) is 0 Å². The number of rotatable bonds is 3. The molecule has 0 aliphatic carbocycles. The smallest absolute Gasteiger partial charge is 0.224 e. The predicted molar refractivity (Wildman–Crippen MR) is 79.6 cm³/mol. The van der Waals surface area contributed by atoms with Crippen molar-refractivity contribution in [3.8, 4) is 16.9 Å². The average molecular weight is 274 g/mol. The van der Waals surface area contributed by atoms with Gasteiger partial charge in [0.1, 0.15) is 12.0 Å². The average Bonchev–Trinajstić information content (AvgIpc) is 2.37. The fraction of sp³-hybridized carbons (Fsp3) is 0.0714. The molecule has 2 rings (SSSR count). The highest BCUT2D eigenvalue weighted by Crippen LogP contribution is 2.31. The Hall–Kier alpha value is -2.14. The largest absolute Gasteiger partial charge is 0.415 e. The van der Waals surface area contributed by atoms with Gasteiger partial charge in [-0.05, 0) is 35.4 Å². The van der Waals surface area contributed by atoms with Crippen LogP contribution in [0, 0.1) is 0 Å². The van der Waals surface area contributed by atoms with Gasteiger partial charge in [-0.15, -0.1) is 0 Å². The Kier molecular flexibility index (Phi) is 3.97. The third kappa shape index (κ3) is 3.42. The van der Waals surface area contributed by atoms with E-state index in [0.717, 1.165) is 23.2 Å². The topological polar surface area (TPSA) is 78.3 Å². The standard InChI is InChI=1S/C14H14N2O2S/c1-9(17)19-18-14-8-11(5-6-13(14)16)10-3-2-4-12(15)7-10/h2-8H,15-16H2,1H3. The second-order valence-corrected chi connectivity index (χ2v) is 4.94. The summed E-state index contributed by atoms with van der Waals surface area (Å²) in [6.45, 7) is 1.43. The molecule has 0 spiro atoms. The van der Waals surface area contributed by atoms with Crippen LogP contribution in [0.5, 0.6) is 5.75 Å². The molecule has 0 bridgehead atoms. The van der Waals surface area contributed by atoms with E-state index < -0.39 is 0 Å². The Bertz CT molecular complexity index is 614. The first-order chi connectivity index (χ1) is 9.06. The van der Waals surface area contributed by atoms with Crippen molar-refractivity contribution in [1.29, 1.82) is 0 Å². The minimum atomic E-state index is -0.131. The Morgan fingerprint density at radius 2 is 1.84 bits per heavy atom. The maximum Gasteiger partial charge on any atom is 0.224 e. The van der Waals surface area contributed by atoms with Gasteiger partial charge in [-0.25, -0.2) is 0 Å². The number of hydrogen-bond acceptors (Lipinski definition) is 5. The van der Waals surface area contributed by atoms with Gasteiger partial charge in [-0.1, -0.05) is 18.2 Å². The van der Waals surface area contributed by atoms with Crippen molar-refractivity contribution in [3.05, 3.63) is 42.5 Å². The summed E-state index contributed by atoms with van der Waals surface area (Å²) >= 11 is 0.762. The number of hydrogen-bond donors (Lipinski definition) is 2. The summed E-state index contributed by atoms with van der Waals surface area (Å²) in [5.41, 5.74) is 14.6. The summed E-state index contributed by atoms with van der Waals surface area (Å²) in [7, 11) is 0. The van der Waals surface area contributed by atoms with Gasteiger partial charge in [0.25, 0.3) is 0 Å². The maximum absolute atomic E-state index is 10.9. The summed E-state index contributed by atoms with van der Waals surface area (Å²) in [6, 6.07) is 12.9. The van der Waals surface area contributed by atoms with Crippen molar-refractivity contribution in [2.75, 3.05) is 11.5 Å². The molecule has 4 nitrogen and oxygen atoms in total. The van der Waals surface area contributed by atoms with E-state index in [1.165, 1.54) is 6.92 Å². The molecule has 0 atom stereocenters. The Morgan fingerprint density at radius 3 is 2.53 bits per heavy atom. The van der Waals surface area contributed by atoms with E-state index in [0.29, 0.717) is 17.1 Å². The molecule has 5 heteroatoms. The summed E-state index contributed by atoms with van der Waals surface area (Å²) < 4.78 is 5.30. The number of anilines is 2. The predicted octanol–water partition coefficient (Wildman–Crippen LogP) is 3.09. The normalized spacial score (nSPS) is 10.2. The molecule has 0 heterocycles. The summed E-state index contributed by atoms with van der Waals surface area (Å²) in [4.78, 5) is 10.9. The Balaban J connectivity index is 2.32. The van der Waals surface area contributed by atoms with Gasteiger partial charge in [0.05, 0.1) is 5.69 Å². The van der Waals surface area contributed by atoms with Gasteiger partial charge < -0.3 is 15.7 Å². The first-order valence-electron chi connectivity index (χ1n) is 5.67. The molecule has 0 saturated carbocycles. The number of benzene rings is 2. The van der Waals surface area contributed by atoms with E-state index in [9.17, 15) is 4.79 Å². The van der Waals surface area contributed by atoms with Gasteiger partial charge in [0, 0.05) is 12.6 Å². The second kappa shape index (κ2) is 5.67. The molecule has 98 valence electrons. The van der Waals surface area contributed by atoms with E-state index in [1.54, 1.807) is 12.1 Å². The number of carbonyl (C=O) groups excluding carboxylic acids is 1. The molecule has 0 aromatic heterocycles.